The molecule has 1 heterocycles. The van der Waals surface area contributed by atoms with Crippen molar-refractivity contribution in [2.45, 2.75) is 6.29 Å². The molecule has 0 aliphatic carbocycles. The first-order valence-corrected chi connectivity index (χ1v) is 9.12. The molecule has 0 saturated carbocycles. The number of ether oxygens (including phenoxy) is 9. The fourth-order valence-corrected chi connectivity index (χ4v) is 1.92. The maximum Gasteiger partial charge on any atom is 0.180 e. The van der Waals surface area contributed by atoms with E-state index in [4.69, 9.17) is 42.6 Å². The fourth-order valence-electron chi connectivity index (χ4n) is 1.92. The van der Waals surface area contributed by atoms with Crippen LogP contribution in [0.2, 0.25) is 0 Å². The van der Waals surface area contributed by atoms with Gasteiger partial charge in [-0.25, -0.2) is 0 Å². The Bertz CT molecular complexity index is 257. The first kappa shape index (κ1) is 23.7. The van der Waals surface area contributed by atoms with E-state index in [9.17, 15) is 0 Å². The second-order valence-electron chi connectivity index (χ2n) is 5.29. The summed E-state index contributed by atoms with van der Waals surface area (Å²) in [6, 6.07) is 0. The molecule has 1 atom stereocenters. The highest BCUT2D eigenvalue weighted by molar-refractivity contribution is 4.43. The minimum absolute atomic E-state index is 0.344. The normalized spacial score (nSPS) is 26.0. The standard InChI is InChI=1S/C17H34O9/c1-18-17-16-25-13-12-23-9-8-21-5-4-19-2-3-20-6-7-22-10-11-24-14-15-26-17/h17H,2-16H2,1H3. The molecule has 9 nitrogen and oxygen atoms in total. The van der Waals surface area contributed by atoms with Crippen molar-refractivity contribution in [3.63, 3.8) is 0 Å². The van der Waals surface area contributed by atoms with Crippen LogP contribution < -0.4 is 0 Å². The van der Waals surface area contributed by atoms with Crippen LogP contribution in [0.15, 0.2) is 0 Å². The van der Waals surface area contributed by atoms with Crippen molar-refractivity contribution < 1.29 is 42.6 Å². The van der Waals surface area contributed by atoms with Crippen molar-refractivity contribution in [2.24, 2.45) is 0 Å². The second kappa shape index (κ2) is 19.4. The van der Waals surface area contributed by atoms with Gasteiger partial charge in [-0.2, -0.15) is 0 Å². The van der Waals surface area contributed by atoms with Gasteiger partial charge in [0.05, 0.1) is 99.1 Å². The van der Waals surface area contributed by atoms with Gasteiger partial charge in [0.15, 0.2) is 6.29 Å². The van der Waals surface area contributed by atoms with Gasteiger partial charge >= 0.3 is 0 Å². The number of hydrogen-bond donors (Lipinski definition) is 0. The monoisotopic (exact) mass is 382 g/mol. The van der Waals surface area contributed by atoms with Gasteiger partial charge in [-0.05, 0) is 0 Å². The van der Waals surface area contributed by atoms with Crippen molar-refractivity contribution >= 4 is 0 Å². The third kappa shape index (κ3) is 15.9. The lowest BCUT2D eigenvalue weighted by molar-refractivity contribution is -0.166. The van der Waals surface area contributed by atoms with E-state index in [0.29, 0.717) is 99.1 Å². The van der Waals surface area contributed by atoms with Crippen molar-refractivity contribution in [2.75, 3.05) is 106 Å². The molecule has 0 amide bonds. The highest BCUT2D eigenvalue weighted by Crippen LogP contribution is 1.95. The van der Waals surface area contributed by atoms with E-state index in [-0.39, 0.29) is 0 Å². The van der Waals surface area contributed by atoms with Gasteiger partial charge in [-0.3, -0.25) is 0 Å². The Morgan fingerprint density at radius 2 is 0.769 bits per heavy atom. The predicted molar refractivity (Wildman–Crippen MR) is 92.5 cm³/mol. The Balaban J connectivity index is 2.12. The third-order valence-corrected chi connectivity index (χ3v) is 3.28. The van der Waals surface area contributed by atoms with E-state index in [1.165, 1.54) is 0 Å². The summed E-state index contributed by atoms with van der Waals surface area (Å²) in [5.74, 6) is 0. The molecule has 0 spiro atoms. The SMILES string of the molecule is COC1COCCOCCOCCOCCOCCOCCOCCO1. The summed E-state index contributed by atoms with van der Waals surface area (Å²) in [4.78, 5) is 0. The van der Waals surface area contributed by atoms with Crippen LogP contribution in [0.5, 0.6) is 0 Å². The van der Waals surface area contributed by atoms with Crippen LogP contribution in [0.4, 0.5) is 0 Å². The number of hydrogen-bond acceptors (Lipinski definition) is 9. The van der Waals surface area contributed by atoms with Crippen LogP contribution in [-0.2, 0) is 42.6 Å². The molecule has 26 heavy (non-hydrogen) atoms. The molecule has 156 valence electrons. The van der Waals surface area contributed by atoms with Gasteiger partial charge in [-0.15, -0.1) is 0 Å². The lowest BCUT2D eigenvalue weighted by atomic mass is 10.6. The maximum absolute atomic E-state index is 5.52. The molecule has 0 N–H and O–H groups in total. The van der Waals surface area contributed by atoms with Crippen LogP contribution in [-0.4, -0.2) is 113 Å². The summed E-state index contributed by atoms with van der Waals surface area (Å²) >= 11 is 0. The molecule has 1 unspecified atom stereocenters. The van der Waals surface area contributed by atoms with Crippen molar-refractivity contribution in [3.05, 3.63) is 0 Å². The van der Waals surface area contributed by atoms with Gasteiger partial charge in [0.2, 0.25) is 0 Å². The van der Waals surface area contributed by atoms with Gasteiger partial charge in [0, 0.05) is 7.11 Å². The quantitative estimate of drug-likeness (QED) is 0.627. The first-order chi connectivity index (χ1) is 12.9. The summed E-state index contributed by atoms with van der Waals surface area (Å²) in [7, 11) is 1.58. The topological polar surface area (TPSA) is 83.1 Å². The Hall–Kier alpha value is -0.360. The fraction of sp³-hybridized carbons (Fsp3) is 1.00. The lowest BCUT2D eigenvalue weighted by Crippen LogP contribution is -2.25. The molecule has 0 aromatic carbocycles. The maximum atomic E-state index is 5.52. The number of rotatable bonds is 1. The van der Waals surface area contributed by atoms with Crippen LogP contribution in [0, 0.1) is 0 Å². The van der Waals surface area contributed by atoms with E-state index in [1.54, 1.807) is 7.11 Å². The zero-order chi connectivity index (χ0) is 18.5. The second-order valence-corrected chi connectivity index (χ2v) is 5.29. The highest BCUT2D eigenvalue weighted by atomic mass is 16.7. The van der Waals surface area contributed by atoms with Gasteiger partial charge in [0.25, 0.3) is 0 Å². The Labute approximate surface area is 156 Å². The minimum Gasteiger partial charge on any atom is -0.377 e. The van der Waals surface area contributed by atoms with Crippen LogP contribution in [0.3, 0.4) is 0 Å². The summed E-state index contributed by atoms with van der Waals surface area (Å²) in [5.41, 5.74) is 0. The molecule has 0 radical (unpaired) electrons. The summed E-state index contributed by atoms with van der Waals surface area (Å²) in [5, 5.41) is 0. The summed E-state index contributed by atoms with van der Waals surface area (Å²) in [6.07, 6.45) is -0.416. The van der Waals surface area contributed by atoms with Crippen LogP contribution >= 0.6 is 0 Å². The Kier molecular flexibility index (Phi) is 17.7. The molecular formula is C17H34O9. The van der Waals surface area contributed by atoms with E-state index >= 15 is 0 Å². The summed E-state index contributed by atoms with van der Waals surface area (Å²) < 4.78 is 48.6. The smallest absolute Gasteiger partial charge is 0.180 e. The molecule has 1 fully saturated rings. The first-order valence-electron chi connectivity index (χ1n) is 9.12. The van der Waals surface area contributed by atoms with E-state index in [2.05, 4.69) is 0 Å². The average Bonchev–Trinajstić information content (AvgIpc) is 2.66. The van der Waals surface area contributed by atoms with Gasteiger partial charge < -0.3 is 42.6 Å². The highest BCUT2D eigenvalue weighted by Gasteiger charge is 2.07. The lowest BCUT2D eigenvalue weighted by Gasteiger charge is -2.16. The van der Waals surface area contributed by atoms with E-state index < -0.39 is 6.29 Å². The van der Waals surface area contributed by atoms with Crippen molar-refractivity contribution in [1.29, 1.82) is 0 Å². The average molecular weight is 382 g/mol. The van der Waals surface area contributed by atoms with Gasteiger partial charge in [0.1, 0.15) is 0 Å². The van der Waals surface area contributed by atoms with Crippen LogP contribution in [0.1, 0.15) is 0 Å². The Morgan fingerprint density at radius 3 is 1.12 bits per heavy atom. The molecule has 1 rings (SSSR count). The van der Waals surface area contributed by atoms with E-state index in [1.807, 2.05) is 0 Å². The largest absolute Gasteiger partial charge is 0.377 e. The van der Waals surface area contributed by atoms with Crippen molar-refractivity contribution in [3.8, 4) is 0 Å². The summed E-state index contributed by atoms with van der Waals surface area (Å²) in [6.45, 7) is 7.54. The van der Waals surface area contributed by atoms with Crippen molar-refractivity contribution in [1.82, 2.24) is 0 Å². The molecule has 0 aromatic rings. The molecule has 1 aliphatic heterocycles. The molecule has 0 bridgehead atoms. The minimum atomic E-state index is -0.416. The molecule has 0 aromatic heterocycles. The molecular weight excluding hydrogens is 348 g/mol. The zero-order valence-corrected chi connectivity index (χ0v) is 15.9. The van der Waals surface area contributed by atoms with Gasteiger partial charge in [-0.1, -0.05) is 0 Å². The predicted octanol–water partition coefficient (Wildman–Crippen LogP) is 0.105. The van der Waals surface area contributed by atoms with E-state index in [0.717, 1.165) is 0 Å². The zero-order valence-electron chi connectivity index (χ0n) is 15.9. The molecule has 9 heteroatoms. The Morgan fingerprint density at radius 1 is 0.462 bits per heavy atom. The third-order valence-electron chi connectivity index (χ3n) is 3.28. The molecule has 1 aliphatic rings. The van der Waals surface area contributed by atoms with Crippen LogP contribution in [0.25, 0.3) is 0 Å². The number of methoxy groups -OCH3 is 1. The molecule has 1 saturated heterocycles.